The molecule has 0 radical (unpaired) electrons. The number of carbonyl (C=O) groups is 2. The lowest BCUT2D eigenvalue weighted by atomic mass is 10.1. The van der Waals surface area contributed by atoms with Crippen LogP contribution < -0.4 is 15.4 Å². The molecule has 0 saturated heterocycles. The second-order valence-corrected chi connectivity index (χ2v) is 6.26. The summed E-state index contributed by atoms with van der Waals surface area (Å²) >= 11 is 0. The van der Waals surface area contributed by atoms with Gasteiger partial charge in [-0.1, -0.05) is 6.07 Å². The molecule has 0 aliphatic heterocycles. The van der Waals surface area contributed by atoms with E-state index >= 15 is 0 Å². The molecule has 0 aliphatic rings. The standard InChI is InChI=1S/C20H24N2O3/c1-13(2)25-18-9-7-16(8-10-18)21-19(23)12-20(24)22-17-6-5-14(3)15(4)11-17/h5-11,13H,12H2,1-4H3,(H,21,23)(H,22,24). The van der Waals surface area contributed by atoms with Crippen molar-refractivity contribution in [2.24, 2.45) is 0 Å². The van der Waals surface area contributed by atoms with E-state index in [2.05, 4.69) is 10.6 Å². The molecule has 0 heterocycles. The van der Waals surface area contributed by atoms with Crippen molar-refractivity contribution in [3.63, 3.8) is 0 Å². The number of aryl methyl sites for hydroxylation is 2. The molecule has 0 fully saturated rings. The smallest absolute Gasteiger partial charge is 0.233 e. The number of benzene rings is 2. The third-order valence-electron chi connectivity index (χ3n) is 3.62. The van der Waals surface area contributed by atoms with Gasteiger partial charge in [-0.15, -0.1) is 0 Å². The molecule has 0 saturated carbocycles. The van der Waals surface area contributed by atoms with E-state index in [0.717, 1.165) is 16.9 Å². The van der Waals surface area contributed by atoms with Gasteiger partial charge in [0, 0.05) is 11.4 Å². The van der Waals surface area contributed by atoms with E-state index in [9.17, 15) is 9.59 Å². The van der Waals surface area contributed by atoms with Gasteiger partial charge in [0.1, 0.15) is 12.2 Å². The van der Waals surface area contributed by atoms with Crippen LogP contribution in [0.2, 0.25) is 0 Å². The number of anilines is 2. The molecule has 0 aliphatic carbocycles. The molecule has 132 valence electrons. The quantitative estimate of drug-likeness (QED) is 0.779. The number of amides is 2. The number of hydrogen-bond acceptors (Lipinski definition) is 3. The fourth-order valence-electron chi connectivity index (χ4n) is 2.26. The zero-order valence-corrected chi connectivity index (χ0v) is 15.1. The number of rotatable bonds is 6. The summed E-state index contributed by atoms with van der Waals surface area (Å²) in [7, 11) is 0. The fourth-order valence-corrected chi connectivity index (χ4v) is 2.26. The van der Waals surface area contributed by atoms with Gasteiger partial charge >= 0.3 is 0 Å². The van der Waals surface area contributed by atoms with Crippen LogP contribution in [0.1, 0.15) is 31.4 Å². The summed E-state index contributed by atoms with van der Waals surface area (Å²) in [6.45, 7) is 7.88. The van der Waals surface area contributed by atoms with E-state index in [4.69, 9.17) is 4.74 Å². The van der Waals surface area contributed by atoms with Crippen LogP contribution in [0.3, 0.4) is 0 Å². The highest BCUT2D eigenvalue weighted by Crippen LogP contribution is 2.17. The van der Waals surface area contributed by atoms with Crippen molar-refractivity contribution in [3.8, 4) is 5.75 Å². The Morgan fingerprint density at radius 2 is 1.44 bits per heavy atom. The van der Waals surface area contributed by atoms with Crippen LogP contribution in [-0.4, -0.2) is 17.9 Å². The molecule has 2 amide bonds. The third-order valence-corrected chi connectivity index (χ3v) is 3.62. The lowest BCUT2D eigenvalue weighted by Gasteiger charge is -2.11. The molecule has 5 heteroatoms. The Labute approximate surface area is 148 Å². The van der Waals surface area contributed by atoms with E-state index < -0.39 is 0 Å². The zero-order chi connectivity index (χ0) is 18.4. The van der Waals surface area contributed by atoms with E-state index in [1.165, 1.54) is 0 Å². The van der Waals surface area contributed by atoms with Gasteiger partial charge in [-0.2, -0.15) is 0 Å². The van der Waals surface area contributed by atoms with Crippen LogP contribution in [0.15, 0.2) is 42.5 Å². The molecule has 0 aromatic heterocycles. The molecule has 0 bridgehead atoms. The number of ether oxygens (including phenoxy) is 1. The predicted molar refractivity (Wildman–Crippen MR) is 100.0 cm³/mol. The minimum atomic E-state index is -0.362. The monoisotopic (exact) mass is 340 g/mol. The summed E-state index contributed by atoms with van der Waals surface area (Å²) in [4.78, 5) is 24.0. The summed E-state index contributed by atoms with van der Waals surface area (Å²) in [5.41, 5.74) is 3.56. The summed E-state index contributed by atoms with van der Waals surface area (Å²) in [6.07, 6.45) is -0.147. The summed E-state index contributed by atoms with van der Waals surface area (Å²) < 4.78 is 5.55. The van der Waals surface area contributed by atoms with Gasteiger partial charge in [-0.05, 0) is 75.2 Å². The van der Waals surface area contributed by atoms with E-state index in [-0.39, 0.29) is 24.3 Å². The molecular weight excluding hydrogens is 316 g/mol. The molecule has 0 spiro atoms. The van der Waals surface area contributed by atoms with Gasteiger partial charge in [-0.25, -0.2) is 0 Å². The first-order valence-corrected chi connectivity index (χ1v) is 8.27. The minimum absolute atomic E-state index is 0.0922. The predicted octanol–water partition coefficient (Wildman–Crippen LogP) is 4.06. The molecule has 0 atom stereocenters. The van der Waals surface area contributed by atoms with Crippen molar-refractivity contribution in [3.05, 3.63) is 53.6 Å². The maximum Gasteiger partial charge on any atom is 0.233 e. The van der Waals surface area contributed by atoms with Gasteiger partial charge < -0.3 is 15.4 Å². The SMILES string of the molecule is Cc1ccc(NC(=O)CC(=O)Nc2ccc(OC(C)C)cc2)cc1C. The molecule has 2 aromatic rings. The van der Waals surface area contributed by atoms with E-state index in [1.807, 2.05) is 45.9 Å². The van der Waals surface area contributed by atoms with Crippen molar-refractivity contribution in [2.45, 2.75) is 40.2 Å². The first kappa shape index (κ1) is 18.5. The van der Waals surface area contributed by atoms with Crippen LogP contribution >= 0.6 is 0 Å². The average molecular weight is 340 g/mol. The Hall–Kier alpha value is -2.82. The first-order chi connectivity index (χ1) is 11.8. The van der Waals surface area contributed by atoms with Crippen LogP contribution in [0.4, 0.5) is 11.4 Å². The summed E-state index contributed by atoms with van der Waals surface area (Å²) in [5.74, 6) is 0.0276. The zero-order valence-electron chi connectivity index (χ0n) is 15.1. The second kappa shape index (κ2) is 8.33. The highest BCUT2D eigenvalue weighted by molar-refractivity contribution is 6.08. The lowest BCUT2D eigenvalue weighted by molar-refractivity contribution is -0.123. The Morgan fingerprint density at radius 1 is 0.880 bits per heavy atom. The Bertz CT molecular complexity index is 752. The van der Waals surface area contributed by atoms with Crippen LogP contribution in [-0.2, 0) is 9.59 Å². The molecule has 5 nitrogen and oxygen atoms in total. The summed E-state index contributed by atoms with van der Waals surface area (Å²) in [6, 6.07) is 12.7. The molecular formula is C20H24N2O3. The molecule has 25 heavy (non-hydrogen) atoms. The highest BCUT2D eigenvalue weighted by Gasteiger charge is 2.10. The van der Waals surface area contributed by atoms with E-state index in [0.29, 0.717) is 11.4 Å². The average Bonchev–Trinajstić information content (AvgIpc) is 2.52. The number of nitrogens with one attached hydrogen (secondary N) is 2. The van der Waals surface area contributed by atoms with Gasteiger partial charge in [-0.3, -0.25) is 9.59 Å². The van der Waals surface area contributed by atoms with Gasteiger partial charge in [0.05, 0.1) is 6.10 Å². The second-order valence-electron chi connectivity index (χ2n) is 6.26. The van der Waals surface area contributed by atoms with Crippen molar-refractivity contribution < 1.29 is 14.3 Å². The van der Waals surface area contributed by atoms with Gasteiger partial charge in [0.2, 0.25) is 11.8 Å². The van der Waals surface area contributed by atoms with Crippen LogP contribution in [0, 0.1) is 13.8 Å². The molecule has 2 aromatic carbocycles. The first-order valence-electron chi connectivity index (χ1n) is 8.27. The Morgan fingerprint density at radius 3 is 2.00 bits per heavy atom. The van der Waals surface area contributed by atoms with Crippen molar-refractivity contribution >= 4 is 23.2 Å². The number of hydrogen-bond donors (Lipinski definition) is 2. The fraction of sp³-hybridized carbons (Fsp3) is 0.300. The normalized spacial score (nSPS) is 10.4. The maximum atomic E-state index is 12.0. The van der Waals surface area contributed by atoms with Crippen molar-refractivity contribution in [1.82, 2.24) is 0 Å². The lowest BCUT2D eigenvalue weighted by Crippen LogP contribution is -2.21. The van der Waals surface area contributed by atoms with Crippen molar-refractivity contribution in [1.29, 1.82) is 0 Å². The Balaban J connectivity index is 1.86. The van der Waals surface area contributed by atoms with Crippen molar-refractivity contribution in [2.75, 3.05) is 10.6 Å². The third kappa shape index (κ3) is 5.95. The highest BCUT2D eigenvalue weighted by atomic mass is 16.5. The largest absolute Gasteiger partial charge is 0.491 e. The molecule has 2 N–H and O–H groups in total. The Kier molecular flexibility index (Phi) is 6.17. The molecule has 0 unspecified atom stereocenters. The summed E-state index contributed by atoms with van der Waals surface area (Å²) in [5, 5.41) is 5.44. The van der Waals surface area contributed by atoms with Crippen LogP contribution in [0.5, 0.6) is 5.75 Å². The number of carbonyl (C=O) groups excluding carboxylic acids is 2. The van der Waals surface area contributed by atoms with Gasteiger partial charge in [0.25, 0.3) is 0 Å². The minimum Gasteiger partial charge on any atom is -0.491 e. The maximum absolute atomic E-state index is 12.0. The van der Waals surface area contributed by atoms with E-state index in [1.54, 1.807) is 24.3 Å². The van der Waals surface area contributed by atoms with Crippen LogP contribution in [0.25, 0.3) is 0 Å². The molecule has 2 rings (SSSR count). The topological polar surface area (TPSA) is 67.4 Å². The van der Waals surface area contributed by atoms with Gasteiger partial charge in [0.15, 0.2) is 0 Å².